The summed E-state index contributed by atoms with van der Waals surface area (Å²) in [5.41, 5.74) is 3.95. The highest BCUT2D eigenvalue weighted by atomic mass is 32.2. The van der Waals surface area contributed by atoms with E-state index in [0.717, 1.165) is 22.6 Å². The number of nitrogens with zero attached hydrogens (tertiary/aromatic N) is 2. The molecule has 0 spiro atoms. The van der Waals surface area contributed by atoms with E-state index in [-0.39, 0.29) is 19.1 Å². The molecule has 140 valence electrons. The largest absolute Gasteiger partial charge is 0.396 e. The first kappa shape index (κ1) is 19.1. The first-order valence-corrected chi connectivity index (χ1v) is 9.76. The zero-order valence-corrected chi connectivity index (χ0v) is 15.8. The molecule has 3 rings (SSSR count). The Morgan fingerprint density at radius 3 is 2.37 bits per heavy atom. The third kappa shape index (κ3) is 5.42. The Morgan fingerprint density at radius 2 is 1.78 bits per heavy atom. The summed E-state index contributed by atoms with van der Waals surface area (Å²) >= 11 is 1.71. The summed E-state index contributed by atoms with van der Waals surface area (Å²) in [4.78, 5) is 16.3. The molecule has 1 heterocycles. The molecule has 0 bridgehead atoms. The van der Waals surface area contributed by atoms with Crippen LogP contribution in [0.15, 0.2) is 53.1 Å². The summed E-state index contributed by atoms with van der Waals surface area (Å²) in [7, 11) is 0. The minimum Gasteiger partial charge on any atom is -0.396 e. The average Bonchev–Trinajstić information content (AvgIpc) is 3.12. The molecular weight excluding hydrogens is 362 g/mol. The van der Waals surface area contributed by atoms with Crippen LogP contribution >= 0.6 is 11.8 Å². The number of hydrogen-bond acceptors (Lipinski definition) is 6. The molecule has 1 aromatic heterocycles. The number of aliphatic hydroxyl groups is 1. The SMILES string of the molecule is Cc1nc(CNC(=O)c2ccc(-c3ccc(CSCCO)cc3)cc2)no1. The summed E-state index contributed by atoms with van der Waals surface area (Å²) < 4.78 is 4.88. The number of aryl methyl sites for hydroxylation is 1. The van der Waals surface area contributed by atoms with Gasteiger partial charge in [-0.2, -0.15) is 16.7 Å². The van der Waals surface area contributed by atoms with Crippen molar-refractivity contribution in [2.45, 2.75) is 19.2 Å². The van der Waals surface area contributed by atoms with Gasteiger partial charge in [0.2, 0.25) is 5.89 Å². The molecule has 6 nitrogen and oxygen atoms in total. The minimum atomic E-state index is -0.180. The smallest absolute Gasteiger partial charge is 0.251 e. The summed E-state index contributed by atoms with van der Waals surface area (Å²) in [6.07, 6.45) is 0. The van der Waals surface area contributed by atoms with Crippen LogP contribution in [0.1, 0.15) is 27.6 Å². The maximum atomic E-state index is 12.2. The van der Waals surface area contributed by atoms with Gasteiger partial charge in [0.1, 0.15) is 0 Å². The molecule has 2 N–H and O–H groups in total. The van der Waals surface area contributed by atoms with Gasteiger partial charge in [0.15, 0.2) is 5.82 Å². The van der Waals surface area contributed by atoms with Crippen LogP contribution in [0.25, 0.3) is 11.1 Å². The molecule has 0 aliphatic heterocycles. The van der Waals surface area contributed by atoms with Gasteiger partial charge >= 0.3 is 0 Å². The van der Waals surface area contributed by atoms with E-state index < -0.39 is 0 Å². The molecule has 0 saturated heterocycles. The van der Waals surface area contributed by atoms with Gasteiger partial charge in [-0.1, -0.05) is 41.6 Å². The fourth-order valence-corrected chi connectivity index (χ4v) is 3.24. The maximum Gasteiger partial charge on any atom is 0.251 e. The van der Waals surface area contributed by atoms with Crippen LogP contribution in [-0.4, -0.2) is 33.5 Å². The van der Waals surface area contributed by atoms with E-state index in [0.29, 0.717) is 17.3 Å². The van der Waals surface area contributed by atoms with E-state index in [1.165, 1.54) is 5.56 Å². The monoisotopic (exact) mass is 383 g/mol. The van der Waals surface area contributed by atoms with E-state index in [4.69, 9.17) is 9.63 Å². The van der Waals surface area contributed by atoms with Gasteiger partial charge in [0, 0.05) is 24.0 Å². The van der Waals surface area contributed by atoms with Crippen molar-refractivity contribution in [1.29, 1.82) is 0 Å². The lowest BCUT2D eigenvalue weighted by Crippen LogP contribution is -2.23. The minimum absolute atomic E-state index is 0.180. The summed E-state index contributed by atoms with van der Waals surface area (Å²) in [5.74, 6) is 2.38. The molecule has 0 unspecified atom stereocenters. The second kappa shape index (κ2) is 9.34. The Morgan fingerprint density at radius 1 is 1.11 bits per heavy atom. The van der Waals surface area contributed by atoms with E-state index in [2.05, 4.69) is 39.7 Å². The molecule has 2 aromatic carbocycles. The van der Waals surface area contributed by atoms with Crippen LogP contribution in [0.2, 0.25) is 0 Å². The lowest BCUT2D eigenvalue weighted by atomic mass is 10.0. The lowest BCUT2D eigenvalue weighted by molar-refractivity contribution is 0.0949. The van der Waals surface area contributed by atoms with Crippen LogP contribution in [0.4, 0.5) is 0 Å². The maximum absolute atomic E-state index is 12.2. The van der Waals surface area contributed by atoms with Gasteiger partial charge in [-0.25, -0.2) is 0 Å². The van der Waals surface area contributed by atoms with Gasteiger partial charge in [-0.3, -0.25) is 4.79 Å². The lowest BCUT2D eigenvalue weighted by Gasteiger charge is -2.06. The Hall–Kier alpha value is -2.64. The van der Waals surface area contributed by atoms with Gasteiger partial charge < -0.3 is 14.9 Å². The number of aliphatic hydroxyl groups excluding tert-OH is 1. The first-order valence-electron chi connectivity index (χ1n) is 8.61. The topological polar surface area (TPSA) is 88.2 Å². The average molecular weight is 383 g/mol. The molecule has 1 amide bonds. The number of benzene rings is 2. The van der Waals surface area contributed by atoms with Crippen molar-refractivity contribution in [3.8, 4) is 11.1 Å². The second-order valence-electron chi connectivity index (χ2n) is 5.96. The van der Waals surface area contributed by atoms with Crippen LogP contribution in [0, 0.1) is 6.92 Å². The molecule has 0 fully saturated rings. The van der Waals surface area contributed by atoms with Gasteiger partial charge in [-0.15, -0.1) is 0 Å². The van der Waals surface area contributed by atoms with Gasteiger partial charge in [-0.05, 0) is 28.8 Å². The summed E-state index contributed by atoms with van der Waals surface area (Å²) in [5, 5.41) is 15.4. The predicted molar refractivity (Wildman–Crippen MR) is 105 cm³/mol. The van der Waals surface area contributed by atoms with Crippen molar-refractivity contribution in [2.75, 3.05) is 12.4 Å². The fourth-order valence-electron chi connectivity index (χ4n) is 2.54. The van der Waals surface area contributed by atoms with E-state index in [9.17, 15) is 4.79 Å². The molecule has 3 aromatic rings. The standard InChI is InChI=1S/C20H21N3O3S/c1-14-22-19(23-26-14)12-21-20(25)18-8-6-17(7-9-18)16-4-2-15(3-5-16)13-27-11-10-24/h2-9,24H,10-13H2,1H3,(H,21,25). The fraction of sp³-hybridized carbons (Fsp3) is 0.250. The number of hydrogen-bond donors (Lipinski definition) is 2. The zero-order chi connectivity index (χ0) is 19.1. The number of nitrogens with one attached hydrogen (secondary N) is 1. The number of thioether (sulfide) groups is 1. The van der Waals surface area contributed by atoms with Crippen LogP contribution in [-0.2, 0) is 12.3 Å². The van der Waals surface area contributed by atoms with Crippen molar-refractivity contribution in [2.24, 2.45) is 0 Å². The summed E-state index contributed by atoms with van der Waals surface area (Å²) in [6, 6.07) is 15.8. The van der Waals surface area contributed by atoms with Crippen molar-refractivity contribution in [3.05, 3.63) is 71.4 Å². The highest BCUT2D eigenvalue weighted by molar-refractivity contribution is 7.98. The number of amides is 1. The molecule has 0 aliphatic rings. The third-order valence-corrected chi connectivity index (χ3v) is 4.92. The van der Waals surface area contributed by atoms with E-state index >= 15 is 0 Å². The highest BCUT2D eigenvalue weighted by Gasteiger charge is 2.08. The highest BCUT2D eigenvalue weighted by Crippen LogP contribution is 2.22. The Bertz CT molecular complexity index is 876. The molecule has 27 heavy (non-hydrogen) atoms. The Balaban J connectivity index is 1.58. The normalized spacial score (nSPS) is 10.7. The Labute approximate surface area is 162 Å². The van der Waals surface area contributed by atoms with E-state index in [1.807, 2.05) is 12.1 Å². The number of carbonyl (C=O) groups excluding carboxylic acids is 1. The number of aromatic nitrogens is 2. The van der Waals surface area contributed by atoms with Crippen LogP contribution in [0.5, 0.6) is 0 Å². The van der Waals surface area contributed by atoms with E-state index in [1.54, 1.807) is 30.8 Å². The number of carbonyl (C=O) groups is 1. The summed E-state index contributed by atoms with van der Waals surface area (Å²) in [6.45, 7) is 2.14. The van der Waals surface area contributed by atoms with Crippen molar-refractivity contribution >= 4 is 17.7 Å². The first-order chi connectivity index (χ1) is 13.2. The zero-order valence-electron chi connectivity index (χ0n) is 15.0. The quantitative estimate of drug-likeness (QED) is 0.581. The predicted octanol–water partition coefficient (Wildman–Crippen LogP) is 3.20. The Kier molecular flexibility index (Phi) is 6.62. The molecule has 0 radical (unpaired) electrons. The van der Waals surface area contributed by atoms with Crippen LogP contribution in [0.3, 0.4) is 0 Å². The van der Waals surface area contributed by atoms with Gasteiger partial charge in [0.05, 0.1) is 13.2 Å². The molecular formula is C20H21N3O3S. The van der Waals surface area contributed by atoms with Gasteiger partial charge in [0.25, 0.3) is 5.91 Å². The van der Waals surface area contributed by atoms with Crippen molar-refractivity contribution < 1.29 is 14.4 Å². The number of rotatable bonds is 8. The third-order valence-electron chi connectivity index (χ3n) is 3.92. The van der Waals surface area contributed by atoms with Crippen molar-refractivity contribution in [1.82, 2.24) is 15.5 Å². The molecule has 0 saturated carbocycles. The second-order valence-corrected chi connectivity index (χ2v) is 7.07. The van der Waals surface area contributed by atoms with Crippen LogP contribution < -0.4 is 5.32 Å². The van der Waals surface area contributed by atoms with Crippen molar-refractivity contribution in [3.63, 3.8) is 0 Å². The molecule has 0 aliphatic carbocycles. The molecule has 7 heteroatoms. The molecule has 0 atom stereocenters.